The van der Waals surface area contributed by atoms with Gasteiger partial charge < -0.3 is 10.6 Å². The van der Waals surface area contributed by atoms with Crippen molar-refractivity contribution in [2.45, 2.75) is 12.3 Å². The SMILES string of the molecule is O=C(CNc1ccn(-c2ccccc2)n1)NCCC(c1ccccc1)c1ccccc1. The van der Waals surface area contributed by atoms with Crippen LogP contribution in [0.25, 0.3) is 5.69 Å². The van der Waals surface area contributed by atoms with Crippen molar-refractivity contribution in [3.05, 3.63) is 114 Å². The lowest BCUT2D eigenvalue weighted by atomic mass is 9.88. The number of para-hydroxylation sites is 1. The van der Waals surface area contributed by atoms with Gasteiger partial charge in [0, 0.05) is 24.7 Å². The Hall–Kier alpha value is -3.86. The summed E-state index contributed by atoms with van der Waals surface area (Å²) < 4.78 is 1.78. The number of nitrogens with one attached hydrogen (secondary N) is 2. The van der Waals surface area contributed by atoms with E-state index in [1.165, 1.54) is 11.1 Å². The molecule has 0 radical (unpaired) electrons. The summed E-state index contributed by atoms with van der Waals surface area (Å²) >= 11 is 0. The molecular formula is C26H26N4O. The highest BCUT2D eigenvalue weighted by molar-refractivity contribution is 5.80. The minimum absolute atomic E-state index is 0.0471. The molecule has 5 nitrogen and oxygen atoms in total. The van der Waals surface area contributed by atoms with E-state index in [1.54, 1.807) is 4.68 Å². The Morgan fingerprint density at radius 2 is 1.39 bits per heavy atom. The van der Waals surface area contributed by atoms with Crippen LogP contribution in [0.3, 0.4) is 0 Å². The molecule has 1 amide bonds. The van der Waals surface area contributed by atoms with Gasteiger partial charge in [-0.1, -0.05) is 78.9 Å². The average Bonchev–Trinajstić information content (AvgIpc) is 3.31. The molecule has 31 heavy (non-hydrogen) atoms. The molecule has 0 unspecified atom stereocenters. The lowest BCUT2D eigenvalue weighted by Crippen LogP contribution is -2.31. The fraction of sp³-hybridized carbons (Fsp3) is 0.154. The van der Waals surface area contributed by atoms with E-state index >= 15 is 0 Å². The predicted octanol–water partition coefficient (Wildman–Crippen LogP) is 4.62. The van der Waals surface area contributed by atoms with E-state index in [9.17, 15) is 4.79 Å². The Balaban J connectivity index is 1.29. The molecule has 0 spiro atoms. The number of benzene rings is 3. The molecule has 3 aromatic carbocycles. The molecule has 0 aliphatic rings. The molecule has 2 N–H and O–H groups in total. The number of anilines is 1. The summed E-state index contributed by atoms with van der Waals surface area (Å²) in [6.45, 7) is 0.792. The van der Waals surface area contributed by atoms with Crippen LogP contribution >= 0.6 is 0 Å². The second kappa shape index (κ2) is 10.3. The summed E-state index contributed by atoms with van der Waals surface area (Å²) in [7, 11) is 0. The van der Waals surface area contributed by atoms with Crippen molar-refractivity contribution < 1.29 is 4.79 Å². The van der Waals surface area contributed by atoms with Crippen LogP contribution in [-0.2, 0) is 4.79 Å². The van der Waals surface area contributed by atoms with Gasteiger partial charge in [-0.3, -0.25) is 4.79 Å². The van der Waals surface area contributed by atoms with E-state index in [4.69, 9.17) is 0 Å². The number of nitrogens with zero attached hydrogens (tertiary/aromatic N) is 2. The second-order valence-electron chi connectivity index (χ2n) is 7.35. The number of carbonyl (C=O) groups is 1. The summed E-state index contributed by atoms with van der Waals surface area (Å²) in [5.41, 5.74) is 3.49. The third-order valence-electron chi connectivity index (χ3n) is 5.20. The van der Waals surface area contributed by atoms with Gasteiger partial charge in [-0.25, -0.2) is 4.68 Å². The minimum Gasteiger partial charge on any atom is -0.360 e. The number of aromatic nitrogens is 2. The summed E-state index contributed by atoms with van der Waals surface area (Å²) in [5.74, 6) is 0.872. The molecule has 0 aliphatic carbocycles. The molecule has 0 atom stereocenters. The molecule has 0 bridgehead atoms. The molecule has 1 aromatic heterocycles. The van der Waals surface area contributed by atoms with Crippen LogP contribution in [0.1, 0.15) is 23.5 Å². The molecule has 5 heteroatoms. The van der Waals surface area contributed by atoms with Gasteiger partial charge in [-0.15, -0.1) is 0 Å². The van der Waals surface area contributed by atoms with Gasteiger partial charge >= 0.3 is 0 Å². The fourth-order valence-corrected chi connectivity index (χ4v) is 3.63. The molecule has 0 saturated heterocycles. The molecule has 4 rings (SSSR count). The van der Waals surface area contributed by atoms with Crippen LogP contribution < -0.4 is 10.6 Å². The Bertz CT molecular complexity index is 1040. The van der Waals surface area contributed by atoms with Crippen molar-refractivity contribution in [3.8, 4) is 5.69 Å². The Kier molecular flexibility index (Phi) is 6.75. The van der Waals surface area contributed by atoms with E-state index in [0.717, 1.165) is 12.1 Å². The first kappa shape index (κ1) is 20.4. The molecule has 4 aromatic rings. The zero-order chi connectivity index (χ0) is 21.3. The Morgan fingerprint density at radius 1 is 0.806 bits per heavy atom. The van der Waals surface area contributed by atoms with Gasteiger partial charge in [0.1, 0.15) is 5.82 Å². The topological polar surface area (TPSA) is 59.0 Å². The van der Waals surface area contributed by atoms with Gasteiger partial charge in [-0.05, 0) is 29.7 Å². The molecule has 156 valence electrons. The predicted molar refractivity (Wildman–Crippen MR) is 124 cm³/mol. The number of rotatable bonds is 9. The highest BCUT2D eigenvalue weighted by Gasteiger charge is 2.14. The zero-order valence-corrected chi connectivity index (χ0v) is 17.3. The summed E-state index contributed by atoms with van der Waals surface area (Å²) in [6.07, 6.45) is 2.71. The number of hydrogen-bond donors (Lipinski definition) is 2. The fourth-order valence-electron chi connectivity index (χ4n) is 3.63. The van der Waals surface area contributed by atoms with Crippen molar-refractivity contribution in [2.24, 2.45) is 0 Å². The van der Waals surface area contributed by atoms with E-state index < -0.39 is 0 Å². The Labute approximate surface area is 182 Å². The molecule has 1 heterocycles. The smallest absolute Gasteiger partial charge is 0.239 e. The molecule has 0 aliphatic heterocycles. The summed E-state index contributed by atoms with van der Waals surface area (Å²) in [4.78, 5) is 12.3. The first-order chi connectivity index (χ1) is 15.3. The maximum absolute atomic E-state index is 12.3. The molecular weight excluding hydrogens is 384 g/mol. The monoisotopic (exact) mass is 410 g/mol. The second-order valence-corrected chi connectivity index (χ2v) is 7.35. The standard InChI is InChI=1S/C26H26N4O/c31-26(20-28-25-17-19-30(29-25)23-14-8-3-9-15-23)27-18-16-24(21-10-4-1-5-11-21)22-12-6-2-7-13-22/h1-15,17,19,24H,16,18,20H2,(H,27,31)(H,28,29). The van der Waals surface area contributed by atoms with Crippen LogP contribution in [0.4, 0.5) is 5.82 Å². The maximum atomic E-state index is 12.3. The summed E-state index contributed by atoms with van der Waals surface area (Å²) in [5, 5.41) is 10.6. The zero-order valence-electron chi connectivity index (χ0n) is 17.3. The van der Waals surface area contributed by atoms with Crippen LogP contribution in [0, 0.1) is 0 Å². The van der Waals surface area contributed by atoms with Gasteiger partial charge in [-0.2, -0.15) is 5.10 Å². The number of carbonyl (C=O) groups excluding carboxylic acids is 1. The van der Waals surface area contributed by atoms with Crippen LogP contribution in [-0.4, -0.2) is 28.8 Å². The highest BCUT2D eigenvalue weighted by atomic mass is 16.1. The van der Waals surface area contributed by atoms with E-state index in [0.29, 0.717) is 12.4 Å². The van der Waals surface area contributed by atoms with Gasteiger partial charge in [0.25, 0.3) is 0 Å². The maximum Gasteiger partial charge on any atom is 0.239 e. The largest absolute Gasteiger partial charge is 0.360 e. The van der Waals surface area contributed by atoms with E-state index in [1.807, 2.05) is 54.7 Å². The molecule has 0 saturated carbocycles. The first-order valence-electron chi connectivity index (χ1n) is 10.5. The van der Waals surface area contributed by atoms with Crippen molar-refractivity contribution in [2.75, 3.05) is 18.4 Å². The third kappa shape index (κ3) is 5.60. The Morgan fingerprint density at radius 3 is 2.00 bits per heavy atom. The van der Waals surface area contributed by atoms with E-state index in [2.05, 4.69) is 64.3 Å². The normalized spacial score (nSPS) is 10.7. The van der Waals surface area contributed by atoms with Crippen LogP contribution in [0.2, 0.25) is 0 Å². The first-order valence-corrected chi connectivity index (χ1v) is 10.5. The van der Waals surface area contributed by atoms with Crippen molar-refractivity contribution >= 4 is 11.7 Å². The van der Waals surface area contributed by atoms with Crippen molar-refractivity contribution in [3.63, 3.8) is 0 Å². The minimum atomic E-state index is -0.0471. The third-order valence-corrected chi connectivity index (χ3v) is 5.20. The number of hydrogen-bond acceptors (Lipinski definition) is 3. The van der Waals surface area contributed by atoms with Crippen molar-refractivity contribution in [1.29, 1.82) is 0 Å². The van der Waals surface area contributed by atoms with Gasteiger partial charge in [0.05, 0.1) is 12.2 Å². The van der Waals surface area contributed by atoms with Gasteiger partial charge in [0.2, 0.25) is 5.91 Å². The van der Waals surface area contributed by atoms with Crippen LogP contribution in [0.15, 0.2) is 103 Å². The highest BCUT2D eigenvalue weighted by Crippen LogP contribution is 2.27. The lowest BCUT2D eigenvalue weighted by Gasteiger charge is -2.18. The lowest BCUT2D eigenvalue weighted by molar-refractivity contribution is -0.119. The summed E-state index contributed by atoms with van der Waals surface area (Å²) in [6, 6.07) is 32.6. The molecule has 0 fully saturated rings. The quantitative estimate of drug-likeness (QED) is 0.423. The van der Waals surface area contributed by atoms with Crippen LogP contribution in [0.5, 0.6) is 0 Å². The van der Waals surface area contributed by atoms with Crippen molar-refractivity contribution in [1.82, 2.24) is 15.1 Å². The van der Waals surface area contributed by atoms with E-state index in [-0.39, 0.29) is 18.4 Å². The van der Waals surface area contributed by atoms with Gasteiger partial charge in [0.15, 0.2) is 0 Å². The number of amides is 1. The average molecular weight is 411 g/mol.